The van der Waals surface area contributed by atoms with E-state index in [2.05, 4.69) is 27.9 Å². The van der Waals surface area contributed by atoms with E-state index in [9.17, 15) is 4.79 Å². The number of aryl methyl sites for hydroxylation is 1. The molecule has 4 nitrogen and oxygen atoms in total. The Kier molecular flexibility index (Phi) is 5.36. The summed E-state index contributed by atoms with van der Waals surface area (Å²) in [5, 5.41) is 2.96. The van der Waals surface area contributed by atoms with E-state index in [0.29, 0.717) is 17.2 Å². The molecule has 1 aliphatic rings. The van der Waals surface area contributed by atoms with Crippen LogP contribution in [0.25, 0.3) is 5.57 Å². The van der Waals surface area contributed by atoms with Gasteiger partial charge in [0.2, 0.25) is 0 Å². The monoisotopic (exact) mass is 299 g/mol. The average molecular weight is 299 g/mol. The van der Waals surface area contributed by atoms with Gasteiger partial charge >= 0.3 is 0 Å². The largest absolute Gasteiger partial charge is 0.369 e. The van der Waals surface area contributed by atoms with Crippen molar-refractivity contribution in [2.75, 3.05) is 25.0 Å². The SMILES string of the molecule is C=C(C(=O)NCC1CC1)c1nccc(C)c1N(C)C/C=C/C. The van der Waals surface area contributed by atoms with Crippen molar-refractivity contribution in [3.8, 4) is 0 Å². The van der Waals surface area contributed by atoms with E-state index in [4.69, 9.17) is 0 Å². The fourth-order valence-electron chi connectivity index (χ4n) is 2.38. The molecule has 1 aromatic heterocycles. The summed E-state index contributed by atoms with van der Waals surface area (Å²) in [5.41, 5.74) is 3.16. The molecule has 4 heteroatoms. The van der Waals surface area contributed by atoms with Crippen molar-refractivity contribution in [3.63, 3.8) is 0 Å². The highest BCUT2D eigenvalue weighted by molar-refractivity contribution is 6.19. The fraction of sp³-hybridized carbons (Fsp3) is 0.444. The van der Waals surface area contributed by atoms with Gasteiger partial charge < -0.3 is 10.2 Å². The third-order valence-electron chi connectivity index (χ3n) is 3.93. The molecule has 0 atom stereocenters. The predicted molar refractivity (Wildman–Crippen MR) is 91.8 cm³/mol. The first-order chi connectivity index (χ1) is 10.5. The van der Waals surface area contributed by atoms with E-state index in [-0.39, 0.29) is 5.91 Å². The minimum Gasteiger partial charge on any atom is -0.369 e. The number of aromatic nitrogens is 1. The van der Waals surface area contributed by atoms with Gasteiger partial charge in [-0.15, -0.1) is 0 Å². The summed E-state index contributed by atoms with van der Waals surface area (Å²) >= 11 is 0. The van der Waals surface area contributed by atoms with Gasteiger partial charge in [-0.2, -0.15) is 0 Å². The van der Waals surface area contributed by atoms with Crippen molar-refractivity contribution in [2.45, 2.75) is 26.7 Å². The first-order valence-corrected chi connectivity index (χ1v) is 7.80. The molecule has 0 spiro atoms. The second kappa shape index (κ2) is 7.25. The number of hydrogen-bond acceptors (Lipinski definition) is 3. The Balaban J connectivity index is 2.19. The average Bonchev–Trinajstić information content (AvgIpc) is 3.33. The Labute approximate surface area is 132 Å². The Morgan fingerprint density at radius 2 is 2.27 bits per heavy atom. The second-order valence-electron chi connectivity index (χ2n) is 5.91. The van der Waals surface area contributed by atoms with Gasteiger partial charge in [-0.05, 0) is 44.2 Å². The summed E-state index contributed by atoms with van der Waals surface area (Å²) in [7, 11) is 2.00. The Bertz CT molecular complexity index is 588. The number of nitrogens with one attached hydrogen (secondary N) is 1. The number of anilines is 1. The van der Waals surface area contributed by atoms with Gasteiger partial charge in [0.25, 0.3) is 5.91 Å². The molecule has 0 unspecified atom stereocenters. The van der Waals surface area contributed by atoms with E-state index in [0.717, 1.165) is 24.3 Å². The third kappa shape index (κ3) is 3.97. The normalized spacial score (nSPS) is 14.1. The predicted octanol–water partition coefficient (Wildman–Crippen LogP) is 2.94. The molecule has 0 aromatic carbocycles. The quantitative estimate of drug-likeness (QED) is 0.622. The van der Waals surface area contributed by atoms with Crippen LogP contribution in [0.3, 0.4) is 0 Å². The Morgan fingerprint density at radius 3 is 2.91 bits per heavy atom. The molecule has 0 bridgehead atoms. The molecule has 1 amide bonds. The Hall–Kier alpha value is -2.10. The number of nitrogens with zero attached hydrogens (tertiary/aromatic N) is 2. The van der Waals surface area contributed by atoms with Crippen molar-refractivity contribution in [2.24, 2.45) is 5.92 Å². The molecule has 1 N–H and O–H groups in total. The van der Waals surface area contributed by atoms with Gasteiger partial charge in [-0.1, -0.05) is 18.7 Å². The zero-order valence-electron chi connectivity index (χ0n) is 13.7. The highest BCUT2D eigenvalue weighted by atomic mass is 16.1. The first kappa shape index (κ1) is 16.3. The molecule has 1 heterocycles. The molecule has 1 aliphatic carbocycles. The van der Waals surface area contributed by atoms with Crippen molar-refractivity contribution in [1.29, 1.82) is 0 Å². The van der Waals surface area contributed by atoms with Crippen LogP contribution in [-0.2, 0) is 4.79 Å². The van der Waals surface area contributed by atoms with Crippen LogP contribution >= 0.6 is 0 Å². The van der Waals surface area contributed by atoms with Gasteiger partial charge in [0, 0.05) is 26.3 Å². The third-order valence-corrected chi connectivity index (χ3v) is 3.93. The molecule has 0 saturated heterocycles. The van der Waals surface area contributed by atoms with Crippen LogP contribution in [0.1, 0.15) is 31.0 Å². The first-order valence-electron chi connectivity index (χ1n) is 7.80. The number of amides is 1. The lowest BCUT2D eigenvalue weighted by atomic mass is 10.1. The summed E-state index contributed by atoms with van der Waals surface area (Å²) in [6.45, 7) is 9.51. The number of likely N-dealkylation sites (N-methyl/N-ethyl adjacent to an activating group) is 1. The Morgan fingerprint density at radius 1 is 1.55 bits per heavy atom. The maximum atomic E-state index is 12.3. The lowest BCUT2D eigenvalue weighted by Crippen LogP contribution is -2.28. The molecule has 2 rings (SSSR count). The van der Waals surface area contributed by atoms with Gasteiger partial charge in [0.1, 0.15) is 0 Å². The van der Waals surface area contributed by atoms with Crippen LogP contribution in [0, 0.1) is 12.8 Å². The van der Waals surface area contributed by atoms with E-state index in [1.807, 2.05) is 33.0 Å². The minimum atomic E-state index is -0.120. The molecule has 1 saturated carbocycles. The van der Waals surface area contributed by atoms with Crippen LogP contribution in [0.2, 0.25) is 0 Å². The maximum Gasteiger partial charge on any atom is 0.252 e. The minimum absolute atomic E-state index is 0.120. The smallest absolute Gasteiger partial charge is 0.252 e. The zero-order valence-corrected chi connectivity index (χ0v) is 13.7. The van der Waals surface area contributed by atoms with Crippen LogP contribution in [-0.4, -0.2) is 31.0 Å². The standard InChI is InChI=1S/C18H25N3O/c1-5-6-11-21(4)17-13(2)9-10-19-16(17)14(3)18(22)20-12-15-7-8-15/h5-6,9-10,15H,3,7-8,11-12H2,1-2,4H3,(H,20,22)/b6-5+. The molecular formula is C18H25N3O. The van der Waals surface area contributed by atoms with E-state index < -0.39 is 0 Å². The van der Waals surface area contributed by atoms with E-state index >= 15 is 0 Å². The number of pyridine rings is 1. The van der Waals surface area contributed by atoms with Gasteiger partial charge in [0.05, 0.1) is 17.0 Å². The molecule has 0 aliphatic heterocycles. The van der Waals surface area contributed by atoms with Crippen LogP contribution in [0.5, 0.6) is 0 Å². The van der Waals surface area contributed by atoms with Gasteiger partial charge in [-0.3, -0.25) is 9.78 Å². The number of allylic oxidation sites excluding steroid dienone is 1. The fourth-order valence-corrected chi connectivity index (χ4v) is 2.38. The van der Waals surface area contributed by atoms with Gasteiger partial charge in [0.15, 0.2) is 0 Å². The topological polar surface area (TPSA) is 45.2 Å². The lowest BCUT2D eigenvalue weighted by molar-refractivity contribution is -0.115. The lowest BCUT2D eigenvalue weighted by Gasteiger charge is -2.23. The highest BCUT2D eigenvalue weighted by Gasteiger charge is 2.23. The highest BCUT2D eigenvalue weighted by Crippen LogP contribution is 2.29. The van der Waals surface area contributed by atoms with Crippen molar-refractivity contribution < 1.29 is 4.79 Å². The summed E-state index contributed by atoms with van der Waals surface area (Å²) < 4.78 is 0. The van der Waals surface area contributed by atoms with Crippen LogP contribution < -0.4 is 10.2 Å². The van der Waals surface area contributed by atoms with Crippen LogP contribution in [0.4, 0.5) is 5.69 Å². The summed E-state index contributed by atoms with van der Waals surface area (Å²) in [4.78, 5) is 18.8. The van der Waals surface area contributed by atoms with Crippen LogP contribution in [0.15, 0.2) is 31.0 Å². The molecule has 118 valence electrons. The maximum absolute atomic E-state index is 12.3. The number of carbonyl (C=O) groups is 1. The van der Waals surface area contributed by atoms with E-state index in [1.165, 1.54) is 12.8 Å². The number of rotatable bonds is 7. The molecule has 22 heavy (non-hydrogen) atoms. The molecule has 0 radical (unpaired) electrons. The number of carbonyl (C=O) groups excluding carboxylic acids is 1. The summed E-state index contributed by atoms with van der Waals surface area (Å²) in [5.74, 6) is 0.532. The van der Waals surface area contributed by atoms with Crippen molar-refractivity contribution >= 4 is 17.2 Å². The number of hydrogen-bond donors (Lipinski definition) is 1. The van der Waals surface area contributed by atoms with E-state index in [1.54, 1.807) is 6.20 Å². The summed E-state index contributed by atoms with van der Waals surface area (Å²) in [6.07, 6.45) is 8.25. The molecular weight excluding hydrogens is 274 g/mol. The molecule has 1 fully saturated rings. The second-order valence-corrected chi connectivity index (χ2v) is 5.91. The van der Waals surface area contributed by atoms with Gasteiger partial charge in [-0.25, -0.2) is 0 Å². The van der Waals surface area contributed by atoms with Crippen molar-refractivity contribution in [3.05, 3.63) is 42.3 Å². The zero-order chi connectivity index (χ0) is 16.1. The summed E-state index contributed by atoms with van der Waals surface area (Å²) in [6, 6.07) is 1.96. The van der Waals surface area contributed by atoms with Crippen molar-refractivity contribution in [1.82, 2.24) is 10.3 Å². The molecule has 1 aromatic rings.